The van der Waals surface area contributed by atoms with Crippen molar-refractivity contribution < 1.29 is 28.6 Å². The van der Waals surface area contributed by atoms with Crippen molar-refractivity contribution in [3.8, 4) is 0 Å². The summed E-state index contributed by atoms with van der Waals surface area (Å²) in [5.74, 6) is -0.921. The van der Waals surface area contributed by atoms with Gasteiger partial charge in [-0.05, 0) is 141 Å². The van der Waals surface area contributed by atoms with Gasteiger partial charge in [-0.2, -0.15) is 0 Å². The summed E-state index contributed by atoms with van der Waals surface area (Å²) in [5.41, 5.74) is 0. The summed E-state index contributed by atoms with van der Waals surface area (Å²) in [6.45, 7) is 6.33. The summed E-state index contributed by atoms with van der Waals surface area (Å²) >= 11 is 0. The second kappa shape index (κ2) is 69.5. The molecular weight excluding hydrogens is 1020 g/mol. The minimum Gasteiger partial charge on any atom is -0.462 e. The van der Waals surface area contributed by atoms with E-state index >= 15 is 0 Å². The van der Waals surface area contributed by atoms with Gasteiger partial charge < -0.3 is 14.2 Å². The fourth-order valence-electron chi connectivity index (χ4n) is 8.98. The summed E-state index contributed by atoms with van der Waals surface area (Å²) < 4.78 is 16.9. The molecule has 1 unspecified atom stereocenters. The third-order valence-corrected chi connectivity index (χ3v) is 14.0. The number of carbonyl (C=O) groups excluding carboxylic acids is 3. The first-order valence-corrected chi connectivity index (χ1v) is 34.0. The zero-order valence-electron chi connectivity index (χ0n) is 53.7. The summed E-state index contributed by atoms with van der Waals surface area (Å²) in [5, 5.41) is 0. The number of ether oxygens (including phenoxy) is 3. The number of hydrogen-bond donors (Lipinski definition) is 0. The van der Waals surface area contributed by atoms with Gasteiger partial charge in [0.1, 0.15) is 13.2 Å². The highest BCUT2D eigenvalue weighted by Crippen LogP contribution is 2.15. The van der Waals surface area contributed by atoms with E-state index in [1.807, 2.05) is 0 Å². The average molecular weight is 1150 g/mol. The van der Waals surface area contributed by atoms with Gasteiger partial charge in [0.2, 0.25) is 0 Å². The molecule has 0 aliphatic heterocycles. The van der Waals surface area contributed by atoms with E-state index in [2.05, 4.69) is 179 Å². The topological polar surface area (TPSA) is 78.9 Å². The number of unbranched alkanes of at least 4 members (excludes halogenated alkanes) is 23. The number of allylic oxidation sites excluding steroid dienone is 26. The zero-order chi connectivity index (χ0) is 59.9. The fraction of sp³-hybridized carbons (Fsp3) is 0.623. The van der Waals surface area contributed by atoms with E-state index in [4.69, 9.17) is 14.2 Å². The van der Waals surface area contributed by atoms with Crippen LogP contribution in [0.2, 0.25) is 0 Å². The van der Waals surface area contributed by atoms with Crippen molar-refractivity contribution in [1.82, 2.24) is 0 Å². The molecule has 0 aromatic heterocycles. The Bertz CT molecular complexity index is 1840. The van der Waals surface area contributed by atoms with E-state index in [-0.39, 0.29) is 31.1 Å². The van der Waals surface area contributed by atoms with Gasteiger partial charge in [0, 0.05) is 19.3 Å². The molecule has 6 nitrogen and oxygen atoms in total. The van der Waals surface area contributed by atoms with Gasteiger partial charge in [-0.15, -0.1) is 0 Å². The van der Waals surface area contributed by atoms with Gasteiger partial charge in [-0.25, -0.2) is 0 Å². The molecule has 1 atom stereocenters. The Morgan fingerprint density at radius 3 is 0.735 bits per heavy atom. The molecule has 6 heteroatoms. The van der Waals surface area contributed by atoms with Crippen molar-refractivity contribution in [2.24, 2.45) is 0 Å². The van der Waals surface area contributed by atoms with Crippen molar-refractivity contribution in [2.45, 2.75) is 297 Å². The average Bonchev–Trinajstić information content (AvgIpc) is 3.49. The second-order valence-corrected chi connectivity index (χ2v) is 22.0. The van der Waals surface area contributed by atoms with Crippen LogP contribution in [0, 0.1) is 0 Å². The van der Waals surface area contributed by atoms with Gasteiger partial charge in [0.25, 0.3) is 0 Å². The van der Waals surface area contributed by atoms with Gasteiger partial charge in [-0.1, -0.05) is 288 Å². The van der Waals surface area contributed by atoms with E-state index in [1.54, 1.807) is 0 Å². The second-order valence-electron chi connectivity index (χ2n) is 22.0. The molecular formula is C77H124O6. The first-order chi connectivity index (χ1) is 41.0. The maximum Gasteiger partial charge on any atom is 0.306 e. The Kier molecular flexibility index (Phi) is 65.4. The molecule has 83 heavy (non-hydrogen) atoms. The SMILES string of the molecule is CC/C=C\C/C=C\C/C=C\C/C=C\C/C=C\C/C=C\C/C=C\CCCCCCCCCCCC(=O)OCC(COC(=O)CCCCCCC/C=C\C/C=C\CCC)OC(=O)CCCCCCCCCC/C=C\C/C=C\C/C=C\C/C=C\CC. The lowest BCUT2D eigenvalue weighted by atomic mass is 10.1. The van der Waals surface area contributed by atoms with Crippen LogP contribution in [-0.4, -0.2) is 37.2 Å². The van der Waals surface area contributed by atoms with Crippen LogP contribution < -0.4 is 0 Å². The number of esters is 3. The van der Waals surface area contributed by atoms with Gasteiger partial charge in [-0.3, -0.25) is 14.4 Å². The van der Waals surface area contributed by atoms with Gasteiger partial charge >= 0.3 is 17.9 Å². The van der Waals surface area contributed by atoms with Crippen molar-refractivity contribution in [1.29, 1.82) is 0 Å². The lowest BCUT2D eigenvalue weighted by molar-refractivity contribution is -0.167. The standard InChI is InChI=1S/C77H124O6/c1-4-7-10-13-16-19-22-25-27-29-31-33-34-35-36-37-38-39-40-41-42-44-45-47-49-52-55-58-61-64-67-70-76(79)82-73-74(72-81-75(78)69-66-63-60-57-54-51-24-21-18-15-12-9-6-3)83-77(80)71-68-65-62-59-56-53-50-48-46-43-32-30-28-26-23-20-17-14-11-8-5-2/h7-8,10-12,15-17,19-21,24-28,31-33,35-36,38-39,41-43,74H,4-6,9,13-14,18,22-23,29-30,34,37,40,44-73H2,1-3H3/b10-7-,11-8-,15-12-,19-16-,20-17-,24-21-,27-25-,28-26-,33-31-,36-35-,39-38-,42-41-,43-32-. The first-order valence-electron chi connectivity index (χ1n) is 34.0. The highest BCUT2D eigenvalue weighted by molar-refractivity contribution is 5.71. The minimum absolute atomic E-state index is 0.0944. The maximum absolute atomic E-state index is 12.9. The molecule has 0 spiro atoms. The van der Waals surface area contributed by atoms with E-state index in [0.717, 1.165) is 173 Å². The Morgan fingerprint density at radius 1 is 0.253 bits per heavy atom. The highest BCUT2D eigenvalue weighted by Gasteiger charge is 2.19. The Hall–Kier alpha value is -4.97. The third-order valence-electron chi connectivity index (χ3n) is 14.0. The van der Waals surface area contributed by atoms with Crippen LogP contribution >= 0.6 is 0 Å². The quantitative estimate of drug-likeness (QED) is 0.0261. The largest absolute Gasteiger partial charge is 0.462 e. The monoisotopic (exact) mass is 1140 g/mol. The summed E-state index contributed by atoms with van der Waals surface area (Å²) in [7, 11) is 0. The number of hydrogen-bond acceptors (Lipinski definition) is 6. The van der Waals surface area contributed by atoms with Crippen molar-refractivity contribution in [2.75, 3.05) is 13.2 Å². The molecule has 0 fully saturated rings. The van der Waals surface area contributed by atoms with Crippen LogP contribution in [0.15, 0.2) is 158 Å². The number of carbonyl (C=O) groups is 3. The van der Waals surface area contributed by atoms with Gasteiger partial charge in [0.15, 0.2) is 6.10 Å². The van der Waals surface area contributed by atoms with Crippen LogP contribution in [0.3, 0.4) is 0 Å². The van der Waals surface area contributed by atoms with Crippen LogP contribution in [0.1, 0.15) is 290 Å². The summed E-state index contributed by atoms with van der Waals surface area (Å²) in [6.07, 6.45) is 101. The van der Waals surface area contributed by atoms with Crippen molar-refractivity contribution in [3.05, 3.63) is 158 Å². The number of rotatable bonds is 60. The molecule has 0 radical (unpaired) electrons. The van der Waals surface area contributed by atoms with Crippen molar-refractivity contribution >= 4 is 17.9 Å². The van der Waals surface area contributed by atoms with E-state index in [1.165, 1.54) is 77.0 Å². The third kappa shape index (κ3) is 67.7. The Balaban J connectivity index is 4.34. The molecule has 0 saturated carbocycles. The molecule has 0 aliphatic carbocycles. The molecule has 0 bridgehead atoms. The smallest absolute Gasteiger partial charge is 0.306 e. The van der Waals surface area contributed by atoms with Gasteiger partial charge in [0.05, 0.1) is 0 Å². The van der Waals surface area contributed by atoms with E-state index in [9.17, 15) is 14.4 Å². The highest BCUT2D eigenvalue weighted by atomic mass is 16.6. The molecule has 0 heterocycles. The summed E-state index contributed by atoms with van der Waals surface area (Å²) in [6, 6.07) is 0. The van der Waals surface area contributed by atoms with Crippen LogP contribution in [0.4, 0.5) is 0 Å². The lowest BCUT2D eigenvalue weighted by Crippen LogP contribution is -2.30. The fourth-order valence-corrected chi connectivity index (χ4v) is 8.98. The molecule has 0 aromatic carbocycles. The molecule has 0 aromatic rings. The summed E-state index contributed by atoms with van der Waals surface area (Å²) in [4.78, 5) is 38.4. The van der Waals surface area contributed by atoms with E-state index in [0.29, 0.717) is 19.3 Å². The minimum atomic E-state index is -0.799. The molecule has 0 saturated heterocycles. The molecule has 0 amide bonds. The van der Waals surface area contributed by atoms with Crippen LogP contribution in [0.5, 0.6) is 0 Å². The van der Waals surface area contributed by atoms with E-state index < -0.39 is 6.10 Å². The first kappa shape index (κ1) is 78.0. The molecule has 0 rings (SSSR count). The Labute approximate surface area is 511 Å². The zero-order valence-corrected chi connectivity index (χ0v) is 53.7. The van der Waals surface area contributed by atoms with Crippen LogP contribution in [-0.2, 0) is 28.6 Å². The predicted octanol–water partition coefficient (Wildman–Crippen LogP) is 23.7. The molecule has 0 N–H and O–H groups in total. The Morgan fingerprint density at radius 2 is 0.470 bits per heavy atom. The predicted molar refractivity (Wildman–Crippen MR) is 362 cm³/mol. The maximum atomic E-state index is 12.9. The molecule has 468 valence electrons. The van der Waals surface area contributed by atoms with Crippen molar-refractivity contribution in [3.63, 3.8) is 0 Å². The van der Waals surface area contributed by atoms with Crippen LogP contribution in [0.25, 0.3) is 0 Å². The molecule has 0 aliphatic rings. The lowest BCUT2D eigenvalue weighted by Gasteiger charge is -2.18. The normalized spacial score (nSPS) is 13.1.